The maximum Gasteiger partial charge on any atom is -0.0154 e. The summed E-state index contributed by atoms with van der Waals surface area (Å²) in [5, 5.41) is 0. The molecule has 0 heterocycles. The first-order valence-electron chi connectivity index (χ1n) is 10.3. The zero-order valence-corrected chi connectivity index (χ0v) is 18.0. The van der Waals surface area contributed by atoms with Crippen LogP contribution in [0.2, 0.25) is 0 Å². The minimum atomic E-state index is 1.28. The SMILES string of the molecule is Cc1cc(C)cc(-c2cc(C)cc(-c3cc(C)cc(-c4ccccc4C)c3)c2)c1. The van der Waals surface area contributed by atoms with Gasteiger partial charge in [0.05, 0.1) is 0 Å². The van der Waals surface area contributed by atoms with Gasteiger partial charge in [0.15, 0.2) is 0 Å². The van der Waals surface area contributed by atoms with Gasteiger partial charge in [0.25, 0.3) is 0 Å². The lowest BCUT2D eigenvalue weighted by Gasteiger charge is -2.13. The first-order chi connectivity index (χ1) is 13.9. The Morgan fingerprint density at radius 2 is 0.759 bits per heavy atom. The molecular formula is C29H28. The van der Waals surface area contributed by atoms with Crippen molar-refractivity contribution in [2.45, 2.75) is 34.6 Å². The van der Waals surface area contributed by atoms with Crippen LogP contribution in [-0.2, 0) is 0 Å². The zero-order valence-electron chi connectivity index (χ0n) is 18.0. The minimum Gasteiger partial charge on any atom is -0.0620 e. The van der Waals surface area contributed by atoms with Crippen molar-refractivity contribution >= 4 is 0 Å². The summed E-state index contributed by atoms with van der Waals surface area (Å²) >= 11 is 0. The Labute approximate surface area is 174 Å². The number of hydrogen-bond donors (Lipinski definition) is 0. The highest BCUT2D eigenvalue weighted by atomic mass is 14.1. The smallest absolute Gasteiger partial charge is 0.0154 e. The third-order valence-corrected chi connectivity index (χ3v) is 5.50. The summed E-state index contributed by atoms with van der Waals surface area (Å²) in [6.07, 6.45) is 0. The molecule has 4 rings (SSSR count). The third-order valence-electron chi connectivity index (χ3n) is 5.50. The Bertz CT molecular complexity index is 1170. The van der Waals surface area contributed by atoms with Gasteiger partial charge in [-0.2, -0.15) is 0 Å². The molecule has 0 aliphatic rings. The lowest BCUT2D eigenvalue weighted by atomic mass is 9.91. The van der Waals surface area contributed by atoms with Gasteiger partial charge in [0, 0.05) is 0 Å². The normalized spacial score (nSPS) is 10.9. The minimum absolute atomic E-state index is 1.28. The van der Waals surface area contributed by atoms with Gasteiger partial charge in [-0.05, 0) is 96.8 Å². The highest BCUT2D eigenvalue weighted by Crippen LogP contribution is 2.33. The van der Waals surface area contributed by atoms with Gasteiger partial charge in [-0.3, -0.25) is 0 Å². The topological polar surface area (TPSA) is 0 Å². The molecule has 0 saturated carbocycles. The molecule has 29 heavy (non-hydrogen) atoms. The van der Waals surface area contributed by atoms with E-state index < -0.39 is 0 Å². The van der Waals surface area contributed by atoms with E-state index in [0.717, 1.165) is 0 Å². The van der Waals surface area contributed by atoms with Crippen LogP contribution in [-0.4, -0.2) is 0 Å². The van der Waals surface area contributed by atoms with Crippen LogP contribution in [0.15, 0.2) is 78.9 Å². The van der Waals surface area contributed by atoms with Crippen molar-refractivity contribution < 1.29 is 0 Å². The summed E-state index contributed by atoms with van der Waals surface area (Å²) in [5.74, 6) is 0. The Hall–Kier alpha value is -3.12. The number of aryl methyl sites for hydroxylation is 5. The van der Waals surface area contributed by atoms with Crippen molar-refractivity contribution in [1.29, 1.82) is 0 Å². The molecule has 0 bridgehead atoms. The monoisotopic (exact) mass is 376 g/mol. The molecule has 0 unspecified atom stereocenters. The molecule has 0 aromatic heterocycles. The van der Waals surface area contributed by atoms with E-state index >= 15 is 0 Å². The summed E-state index contributed by atoms with van der Waals surface area (Å²) in [7, 11) is 0. The average molecular weight is 377 g/mol. The van der Waals surface area contributed by atoms with E-state index in [0.29, 0.717) is 0 Å². The molecule has 144 valence electrons. The van der Waals surface area contributed by atoms with Gasteiger partial charge in [-0.15, -0.1) is 0 Å². The predicted molar refractivity (Wildman–Crippen MR) is 126 cm³/mol. The molecule has 0 heteroatoms. The second-order valence-corrected chi connectivity index (χ2v) is 8.37. The second-order valence-electron chi connectivity index (χ2n) is 8.37. The highest BCUT2D eigenvalue weighted by Gasteiger charge is 2.09. The molecule has 4 aromatic rings. The van der Waals surface area contributed by atoms with Crippen LogP contribution in [0.5, 0.6) is 0 Å². The zero-order chi connectivity index (χ0) is 20.5. The standard InChI is InChI=1S/C29H28/c1-19-10-20(2)12-24(11-19)25-13-21(3)14-26(17-25)27-15-22(4)16-28(18-27)29-9-7-6-8-23(29)5/h6-18H,1-5H3. The third kappa shape index (κ3) is 4.17. The van der Waals surface area contributed by atoms with E-state index in [9.17, 15) is 0 Å². The van der Waals surface area contributed by atoms with Crippen LogP contribution in [0.25, 0.3) is 33.4 Å². The first kappa shape index (κ1) is 19.2. The van der Waals surface area contributed by atoms with E-state index in [4.69, 9.17) is 0 Å². The van der Waals surface area contributed by atoms with E-state index in [-0.39, 0.29) is 0 Å². The van der Waals surface area contributed by atoms with Crippen molar-refractivity contribution in [3.8, 4) is 33.4 Å². The quantitative estimate of drug-likeness (QED) is 0.338. The van der Waals surface area contributed by atoms with Gasteiger partial charge in [-0.25, -0.2) is 0 Å². The molecule has 0 radical (unpaired) electrons. The molecule has 0 saturated heterocycles. The maximum atomic E-state index is 2.33. The molecule has 0 nitrogen and oxygen atoms in total. The Balaban J connectivity index is 1.85. The summed E-state index contributed by atoms with van der Waals surface area (Å²) in [5.41, 5.74) is 14.2. The van der Waals surface area contributed by atoms with E-state index in [1.54, 1.807) is 0 Å². The molecule has 0 amide bonds. The van der Waals surface area contributed by atoms with Crippen molar-refractivity contribution in [3.63, 3.8) is 0 Å². The average Bonchev–Trinajstić information content (AvgIpc) is 2.66. The largest absolute Gasteiger partial charge is 0.0620 e. The molecule has 0 fully saturated rings. The van der Waals surface area contributed by atoms with Gasteiger partial charge in [-0.1, -0.05) is 77.9 Å². The molecule has 0 aliphatic carbocycles. The van der Waals surface area contributed by atoms with Gasteiger partial charge >= 0.3 is 0 Å². The Morgan fingerprint density at radius 1 is 0.379 bits per heavy atom. The molecule has 0 atom stereocenters. The van der Waals surface area contributed by atoms with E-state index in [2.05, 4.69) is 113 Å². The molecule has 0 N–H and O–H groups in total. The van der Waals surface area contributed by atoms with Crippen LogP contribution in [0.4, 0.5) is 0 Å². The van der Waals surface area contributed by atoms with Gasteiger partial charge in [0.2, 0.25) is 0 Å². The second kappa shape index (κ2) is 7.72. The first-order valence-corrected chi connectivity index (χ1v) is 10.3. The lowest BCUT2D eigenvalue weighted by Crippen LogP contribution is -1.89. The van der Waals surface area contributed by atoms with Gasteiger partial charge < -0.3 is 0 Å². The van der Waals surface area contributed by atoms with Crippen LogP contribution in [0.1, 0.15) is 27.8 Å². The highest BCUT2D eigenvalue weighted by molar-refractivity contribution is 5.79. The predicted octanol–water partition coefficient (Wildman–Crippen LogP) is 8.23. The number of hydrogen-bond acceptors (Lipinski definition) is 0. The van der Waals surface area contributed by atoms with Crippen LogP contribution < -0.4 is 0 Å². The van der Waals surface area contributed by atoms with Crippen LogP contribution >= 0.6 is 0 Å². The van der Waals surface area contributed by atoms with Gasteiger partial charge in [0.1, 0.15) is 0 Å². The Kier molecular flexibility index (Phi) is 5.11. The van der Waals surface area contributed by atoms with Crippen LogP contribution in [0, 0.1) is 34.6 Å². The number of benzene rings is 4. The molecule has 4 aromatic carbocycles. The van der Waals surface area contributed by atoms with E-state index in [1.165, 1.54) is 61.2 Å². The maximum absolute atomic E-state index is 2.33. The van der Waals surface area contributed by atoms with Crippen molar-refractivity contribution in [3.05, 3.63) is 107 Å². The summed E-state index contributed by atoms with van der Waals surface area (Å²) in [4.78, 5) is 0. The lowest BCUT2D eigenvalue weighted by molar-refractivity contribution is 1.37. The molecular weight excluding hydrogens is 348 g/mol. The fourth-order valence-corrected chi connectivity index (χ4v) is 4.26. The van der Waals surface area contributed by atoms with Crippen molar-refractivity contribution in [1.82, 2.24) is 0 Å². The summed E-state index contributed by atoms with van der Waals surface area (Å²) in [6, 6.07) is 29.2. The molecule has 0 aliphatic heterocycles. The summed E-state index contributed by atoms with van der Waals surface area (Å²) in [6.45, 7) is 10.9. The van der Waals surface area contributed by atoms with Crippen molar-refractivity contribution in [2.24, 2.45) is 0 Å². The van der Waals surface area contributed by atoms with Crippen molar-refractivity contribution in [2.75, 3.05) is 0 Å². The van der Waals surface area contributed by atoms with E-state index in [1.807, 2.05) is 0 Å². The Morgan fingerprint density at radius 3 is 1.28 bits per heavy atom. The fourth-order valence-electron chi connectivity index (χ4n) is 4.26. The fraction of sp³-hybridized carbons (Fsp3) is 0.172. The van der Waals surface area contributed by atoms with Crippen LogP contribution in [0.3, 0.4) is 0 Å². The number of rotatable bonds is 3. The summed E-state index contributed by atoms with van der Waals surface area (Å²) < 4.78 is 0. The molecule has 0 spiro atoms.